The number of para-hydroxylation sites is 2. The monoisotopic (exact) mass is 1530 g/mol. The second kappa shape index (κ2) is 39.5. The minimum atomic E-state index is -3.84. The fraction of sp³-hybridized carbons (Fsp3) is 0.375. The Labute approximate surface area is 622 Å². The van der Waals surface area contributed by atoms with Gasteiger partial charge in [-0.1, -0.05) is 92.7 Å². The molecule has 3 fully saturated rings. The molecule has 1 aromatic heterocycles. The lowest BCUT2D eigenvalue weighted by Crippen LogP contribution is -2.60. The number of nitrogens with one attached hydrogen (secondary N) is 6. The molecule has 0 aliphatic carbocycles. The number of nitrogens with zero attached hydrogens (tertiary/aromatic N) is 1. The molecular weight excluding hydrogens is 1430 g/mol. The van der Waals surface area contributed by atoms with E-state index in [0.717, 1.165) is 22.6 Å². The van der Waals surface area contributed by atoms with E-state index in [4.69, 9.17) is 43.0 Å². The molecule has 0 unspecified atom stereocenters. The van der Waals surface area contributed by atoms with E-state index in [2.05, 4.69) is 26.3 Å². The summed E-state index contributed by atoms with van der Waals surface area (Å²) in [6.07, 6.45) is -20.1. The van der Waals surface area contributed by atoms with Gasteiger partial charge in [0.1, 0.15) is 91.2 Å². The van der Waals surface area contributed by atoms with E-state index in [1.54, 1.807) is 60.7 Å². The van der Waals surface area contributed by atoms with Crippen LogP contribution in [0.15, 0.2) is 173 Å². The topological polar surface area (TPSA) is 515 Å². The number of ether oxygens (including phenoxy) is 4. The van der Waals surface area contributed by atoms with Gasteiger partial charge in [-0.2, -0.15) is 0 Å². The number of hydroxylamine groups is 3. The Morgan fingerprint density at radius 3 is 1.54 bits per heavy atom. The van der Waals surface area contributed by atoms with Crippen molar-refractivity contribution in [1.82, 2.24) is 26.7 Å². The molecule has 107 heavy (non-hydrogen) atoms. The van der Waals surface area contributed by atoms with Crippen molar-refractivity contribution in [3.8, 4) is 5.75 Å². The highest BCUT2D eigenvalue weighted by Crippen LogP contribution is 2.30. The number of hydrogen-bond donors (Lipinski definition) is 18. The minimum absolute atomic E-state index is 0. The summed E-state index contributed by atoms with van der Waals surface area (Å²) in [6, 6.07) is 43.4. The second-order valence-electron chi connectivity index (χ2n) is 25.1. The number of benzene rings is 6. The Balaban J connectivity index is 0.000000563. The standard InChI is InChI=1S/C27H33N3O10.C24H30N2O8.C21H24N2O9S.6H2/c1-30(2)13-18-17-5-3-4-6-19(17)38-24(18)26(36)28-11-12-37-16-9-7-15(8-10-16)25(35)29-40-27-23(34)22(33)21(32)20(14-31)39-27;1-13(2)18(14-6-4-3-5-7-14)23(32)25-16-10-8-15(9-11-16)22(31)26-34-24-21(30)20(29)19(28)17(12-27)33-24;24-12-16-18(26)19(27)20(28)21(31-16)32-22-17(25)10-9-13-5-4-8-15(11-13)33(29,30)23-14-6-2-1-3-7-14;;;;;;/h3-10,20-23,27,31-34H,11-14H2,1-2H3,(H,28,36)(H,29,35);3-11,13,17-21,24,27-30H,12H2,1-2H3,(H,25,32)(H,26,31);1-11,16,18-21,23-24,26-28H,12H2,(H,22,25);6*1H/b;;10-9+;;;;;;/t20-,21+,22+,23-,27+;17-,18+,19+,20+,21-,24+;16-,18+,19+,20-,21+;;;;;;/m111....../s1. The smallest absolute Gasteiger partial charge is 0.287 e. The molecule has 34 nitrogen and oxygen atoms in total. The van der Waals surface area contributed by atoms with Crippen LogP contribution in [0.3, 0.4) is 0 Å². The second-order valence-corrected chi connectivity index (χ2v) is 26.8. The molecule has 6 aromatic carbocycles. The molecule has 0 saturated carbocycles. The van der Waals surface area contributed by atoms with Crippen molar-refractivity contribution in [3.63, 3.8) is 0 Å². The molecule has 5 amide bonds. The number of fused-ring (bicyclic) bond motifs is 1. The van der Waals surface area contributed by atoms with Crippen LogP contribution in [0.5, 0.6) is 5.75 Å². The summed E-state index contributed by atoms with van der Waals surface area (Å²) in [6.45, 7) is 2.99. The zero-order valence-electron chi connectivity index (χ0n) is 58.1. The highest BCUT2D eigenvalue weighted by Gasteiger charge is 2.47. The summed E-state index contributed by atoms with van der Waals surface area (Å²) in [4.78, 5) is 79.5. The van der Waals surface area contributed by atoms with E-state index < -0.39 is 140 Å². The fourth-order valence-corrected chi connectivity index (χ4v) is 12.1. The van der Waals surface area contributed by atoms with Crippen molar-refractivity contribution in [2.45, 2.75) is 123 Å². The van der Waals surface area contributed by atoms with Crippen LogP contribution in [0.25, 0.3) is 17.0 Å². The SMILES string of the molecule is CC(C)[C@H](C(=O)Nc1ccc(C(=O)NO[C@@H]2O[C@H](CO)[C@H](O)[C@H](O)[C@H]2O)cc1)c1ccccc1.CN(C)Cc1c(C(=O)NCCOc2ccc(C(=O)NO[C@@H]3O[C@H](CO)[C@H](O)[C@H](O)[C@H]3O)cc2)oc2ccccc12.O=C(/C=C/c1cccc(S(=O)(=O)Nc2ccccc2)c1)NO[C@@H]1O[C@H](CO)[C@H](O)[C@H](O)[C@H]1O.[HH].[HH].[HH].[HH].[HH].[HH]. The van der Waals surface area contributed by atoms with Crippen LogP contribution in [-0.4, -0.2) is 243 Å². The minimum Gasteiger partial charge on any atom is -0.492 e. The fourth-order valence-electron chi connectivity index (χ4n) is 11.0. The highest BCUT2D eigenvalue weighted by molar-refractivity contribution is 7.92. The van der Waals surface area contributed by atoms with Crippen LogP contribution >= 0.6 is 0 Å². The molecular formula is C72H99N7O27S. The third-order valence-electron chi connectivity index (χ3n) is 16.7. The van der Waals surface area contributed by atoms with Crippen LogP contribution in [0, 0.1) is 5.92 Å². The third kappa shape index (κ3) is 22.7. The van der Waals surface area contributed by atoms with E-state index in [0.29, 0.717) is 34.8 Å². The predicted octanol–water partition coefficient (Wildman–Crippen LogP) is 1.12. The van der Waals surface area contributed by atoms with Crippen LogP contribution in [0.1, 0.15) is 76.3 Å². The molecule has 3 saturated heterocycles. The van der Waals surface area contributed by atoms with Crippen molar-refractivity contribution in [3.05, 3.63) is 197 Å². The van der Waals surface area contributed by atoms with Gasteiger partial charge in [-0.25, -0.2) is 39.4 Å². The zero-order valence-corrected chi connectivity index (χ0v) is 58.9. The van der Waals surface area contributed by atoms with E-state index in [-0.39, 0.29) is 67.1 Å². The maximum atomic E-state index is 12.9. The first kappa shape index (κ1) is 83.4. The van der Waals surface area contributed by atoms with Crippen LogP contribution in [0.2, 0.25) is 0 Å². The van der Waals surface area contributed by atoms with Gasteiger partial charge in [-0.15, -0.1) is 0 Å². The summed E-state index contributed by atoms with van der Waals surface area (Å²) in [5, 5.41) is 123. The normalized spacial score (nSPS) is 24.6. The van der Waals surface area contributed by atoms with Gasteiger partial charge >= 0.3 is 0 Å². The number of carbonyl (C=O) groups is 5. The Hall–Kier alpha value is -9.26. The maximum absolute atomic E-state index is 12.9. The summed E-state index contributed by atoms with van der Waals surface area (Å²) >= 11 is 0. The lowest BCUT2D eigenvalue weighted by Gasteiger charge is -2.39. The molecule has 3 aliphatic rings. The lowest BCUT2D eigenvalue weighted by atomic mass is 9.87. The van der Waals surface area contributed by atoms with Gasteiger partial charge in [0.05, 0.1) is 37.2 Å². The van der Waals surface area contributed by atoms with E-state index in [1.807, 2.05) is 92.9 Å². The number of anilines is 2. The molecule has 590 valence electrons. The summed E-state index contributed by atoms with van der Waals surface area (Å²) in [7, 11) is -0.00875. The van der Waals surface area contributed by atoms with Crippen molar-refractivity contribution >= 4 is 68.0 Å². The Morgan fingerprint density at radius 2 is 1.04 bits per heavy atom. The first-order valence-corrected chi connectivity index (χ1v) is 34.9. The first-order chi connectivity index (χ1) is 51.1. The van der Waals surface area contributed by atoms with Gasteiger partial charge in [0, 0.05) is 54.6 Å². The number of carbonyl (C=O) groups excluding carboxylic acids is 5. The van der Waals surface area contributed by atoms with Gasteiger partial charge < -0.3 is 100 Å². The van der Waals surface area contributed by atoms with Crippen LogP contribution in [-0.2, 0) is 54.9 Å². The first-order valence-electron chi connectivity index (χ1n) is 33.4. The number of aliphatic hydroxyl groups excluding tert-OH is 12. The molecule has 0 bridgehead atoms. The number of rotatable bonds is 27. The van der Waals surface area contributed by atoms with Crippen molar-refractivity contribution < 1.29 is 140 Å². The van der Waals surface area contributed by atoms with Gasteiger partial charge in [0.25, 0.3) is 33.7 Å². The molecule has 7 aromatic rings. The van der Waals surface area contributed by atoms with Crippen molar-refractivity contribution in [1.29, 1.82) is 0 Å². The summed E-state index contributed by atoms with van der Waals surface area (Å²) in [5.74, 6) is -2.17. The molecule has 0 spiro atoms. The molecule has 4 heterocycles. The number of hydrogen-bond acceptors (Lipinski definition) is 28. The quantitative estimate of drug-likeness (QED) is 0.0195. The molecule has 3 aliphatic heterocycles. The number of furan rings is 1. The van der Waals surface area contributed by atoms with Gasteiger partial charge in [0.15, 0.2) is 5.76 Å². The van der Waals surface area contributed by atoms with Crippen LogP contribution < -0.4 is 36.5 Å². The summed E-state index contributed by atoms with van der Waals surface area (Å²) in [5.41, 5.74) is 10.3. The van der Waals surface area contributed by atoms with E-state index >= 15 is 0 Å². The Morgan fingerprint density at radius 1 is 0.551 bits per heavy atom. The summed E-state index contributed by atoms with van der Waals surface area (Å²) < 4.78 is 54.5. The van der Waals surface area contributed by atoms with Gasteiger partial charge in [-0.3, -0.25) is 28.7 Å². The van der Waals surface area contributed by atoms with E-state index in [9.17, 15) is 88.6 Å². The van der Waals surface area contributed by atoms with Crippen LogP contribution in [0.4, 0.5) is 11.4 Å². The Bertz CT molecular complexity index is 4190. The van der Waals surface area contributed by atoms with Crippen molar-refractivity contribution in [2.75, 3.05) is 57.1 Å². The molecule has 18 N–H and O–H groups in total. The Kier molecular flexibility index (Phi) is 30.8. The molecule has 0 radical (unpaired) electrons. The zero-order chi connectivity index (χ0) is 77.6. The van der Waals surface area contributed by atoms with Gasteiger partial charge in [0.2, 0.25) is 24.8 Å². The largest absolute Gasteiger partial charge is 0.492 e. The average molecular weight is 1530 g/mol. The average Bonchev–Trinajstić information content (AvgIpc) is 1.65. The maximum Gasteiger partial charge on any atom is 0.287 e. The molecule has 10 rings (SSSR count). The highest BCUT2D eigenvalue weighted by atomic mass is 32.2. The number of sulfonamides is 1. The molecule has 16 atom stereocenters. The third-order valence-corrected chi connectivity index (χ3v) is 18.0. The lowest BCUT2D eigenvalue weighted by molar-refractivity contribution is -0.312. The predicted molar refractivity (Wildman–Crippen MR) is 390 cm³/mol. The van der Waals surface area contributed by atoms with E-state index in [1.165, 1.54) is 48.5 Å². The number of aliphatic hydroxyl groups is 12. The van der Waals surface area contributed by atoms with Gasteiger partial charge in [-0.05, 0) is 116 Å². The number of amides is 5. The van der Waals surface area contributed by atoms with Crippen molar-refractivity contribution in [2.24, 2.45) is 5.92 Å². The molecule has 35 heteroatoms.